The fraction of sp³-hybridized carbons (Fsp3) is 0.913. The molecule has 0 aromatic carbocycles. The van der Waals surface area contributed by atoms with Gasteiger partial charge < -0.3 is 29.3 Å². The van der Waals surface area contributed by atoms with E-state index in [1.165, 1.54) is 0 Å². The number of unbranched alkanes of at least 4 members (excludes halogenated alkanes) is 2. The molecular formula is C23H45NaO10S. The summed E-state index contributed by atoms with van der Waals surface area (Å²) in [6, 6.07) is 0. The van der Waals surface area contributed by atoms with E-state index in [9.17, 15) is 22.6 Å². The number of carbonyl (C=O) groups excluding carboxylic acids is 2. The Hall–Kier alpha value is -0.270. The maximum atomic E-state index is 12.1. The number of hydrogen-bond acceptors (Lipinski definition) is 10. The average Bonchev–Trinajstić information content (AvgIpc) is 2.81. The molecule has 0 radical (unpaired) electrons. The Labute approximate surface area is 233 Å². The molecule has 10 nitrogen and oxygen atoms in total. The molecule has 12 heteroatoms. The molecular weight excluding hydrogens is 491 g/mol. The predicted octanol–water partition coefficient (Wildman–Crippen LogP) is -0.855. The Morgan fingerprint density at radius 2 is 1.29 bits per heavy atom. The first-order chi connectivity index (χ1) is 16.0. The molecule has 0 spiro atoms. The largest absolute Gasteiger partial charge is 1.00 e. The van der Waals surface area contributed by atoms with Crippen LogP contribution in [-0.2, 0) is 29.2 Å². The molecule has 0 amide bonds. The van der Waals surface area contributed by atoms with Crippen LogP contribution in [0, 0.1) is 11.8 Å². The van der Waals surface area contributed by atoms with Crippen LogP contribution in [0.2, 0.25) is 0 Å². The van der Waals surface area contributed by atoms with Gasteiger partial charge in [-0.15, -0.1) is 0 Å². The van der Waals surface area contributed by atoms with Crippen LogP contribution >= 0.6 is 0 Å². The Kier molecular flexibility index (Phi) is 27.0. The van der Waals surface area contributed by atoms with Crippen molar-refractivity contribution < 1.29 is 76.9 Å². The van der Waals surface area contributed by atoms with E-state index < -0.39 is 39.8 Å². The minimum atomic E-state index is -5.01. The first-order valence-corrected chi connectivity index (χ1v) is 13.6. The molecule has 3 atom stereocenters. The number of ether oxygens (including phenoxy) is 2. The quantitative estimate of drug-likeness (QED) is 0.114. The number of aliphatic hydroxyl groups is 3. The molecule has 204 valence electrons. The van der Waals surface area contributed by atoms with E-state index in [1.807, 2.05) is 13.8 Å². The van der Waals surface area contributed by atoms with E-state index in [1.54, 1.807) is 0 Å². The number of rotatable bonds is 18. The van der Waals surface area contributed by atoms with Crippen LogP contribution in [0.3, 0.4) is 0 Å². The van der Waals surface area contributed by atoms with Crippen LogP contribution in [0.4, 0.5) is 0 Å². The van der Waals surface area contributed by atoms with Crippen molar-refractivity contribution >= 4 is 22.1 Å². The topological polar surface area (TPSA) is 170 Å². The summed E-state index contributed by atoms with van der Waals surface area (Å²) in [5.41, 5.74) is 0. The smallest absolute Gasteiger partial charge is 0.747 e. The minimum absolute atomic E-state index is 0. The van der Waals surface area contributed by atoms with Gasteiger partial charge in [0.05, 0.1) is 32.8 Å². The van der Waals surface area contributed by atoms with Gasteiger partial charge in [-0.1, -0.05) is 66.2 Å². The number of esters is 2. The Morgan fingerprint density at radius 3 is 1.60 bits per heavy atom. The Balaban J connectivity index is -0.00000129. The van der Waals surface area contributed by atoms with Gasteiger partial charge >= 0.3 is 41.5 Å². The van der Waals surface area contributed by atoms with Crippen molar-refractivity contribution in [2.75, 3.05) is 26.4 Å². The second-order valence-electron chi connectivity index (χ2n) is 8.35. The summed E-state index contributed by atoms with van der Waals surface area (Å²) in [7, 11) is -5.01. The standard InChI is InChI=1S/C20H38O7S.C3H8O3.Na/c1-5-9-11-16(7-3)14-26-19(21)13-18(28(23,24)25)20(22)27-15-17(8-4)12-10-6-2;4-1-3(6)2-5;/h16-18H,5-15H2,1-4H3,(H,23,24,25);3-6H,1-2H2;/q;;+1/p-1. The molecule has 0 aliphatic rings. The van der Waals surface area contributed by atoms with Crippen molar-refractivity contribution in [3.05, 3.63) is 0 Å². The molecule has 0 bridgehead atoms. The maximum absolute atomic E-state index is 12.1. The van der Waals surface area contributed by atoms with Crippen LogP contribution in [-0.4, -0.2) is 78.0 Å². The van der Waals surface area contributed by atoms with Crippen molar-refractivity contribution in [1.29, 1.82) is 0 Å². The summed E-state index contributed by atoms with van der Waals surface area (Å²) in [6.45, 7) is 7.54. The fourth-order valence-corrected chi connectivity index (χ4v) is 3.52. The molecule has 0 rings (SSSR count). The molecule has 0 aliphatic heterocycles. The molecule has 0 fully saturated rings. The number of hydrogen-bond donors (Lipinski definition) is 3. The monoisotopic (exact) mass is 536 g/mol. The third kappa shape index (κ3) is 21.5. The first-order valence-electron chi connectivity index (χ1n) is 12.2. The zero-order chi connectivity index (χ0) is 26.6. The maximum Gasteiger partial charge on any atom is 1.00 e. The number of carbonyl (C=O) groups is 2. The minimum Gasteiger partial charge on any atom is -0.747 e. The van der Waals surface area contributed by atoms with Gasteiger partial charge in [0, 0.05) is 0 Å². The Bertz CT molecular complexity index is 626. The van der Waals surface area contributed by atoms with Crippen molar-refractivity contribution in [3.63, 3.8) is 0 Å². The van der Waals surface area contributed by atoms with Gasteiger partial charge in [0.1, 0.15) is 16.2 Å². The van der Waals surface area contributed by atoms with Crippen molar-refractivity contribution in [1.82, 2.24) is 0 Å². The van der Waals surface area contributed by atoms with E-state index in [-0.39, 0.29) is 67.8 Å². The molecule has 3 unspecified atom stereocenters. The second-order valence-corrected chi connectivity index (χ2v) is 9.91. The second kappa shape index (κ2) is 24.1. The Morgan fingerprint density at radius 1 is 0.857 bits per heavy atom. The molecule has 0 heterocycles. The zero-order valence-corrected chi connectivity index (χ0v) is 24.9. The van der Waals surface area contributed by atoms with E-state index in [0.717, 1.165) is 51.4 Å². The predicted molar refractivity (Wildman–Crippen MR) is 127 cm³/mol. The summed E-state index contributed by atoms with van der Waals surface area (Å²) in [6.07, 6.45) is 5.63. The van der Waals surface area contributed by atoms with Crippen molar-refractivity contribution in [2.24, 2.45) is 11.8 Å². The van der Waals surface area contributed by atoms with Crippen LogP contribution in [0.1, 0.15) is 85.5 Å². The van der Waals surface area contributed by atoms with Gasteiger partial charge in [-0.25, -0.2) is 8.42 Å². The molecule has 3 N–H and O–H groups in total. The molecule has 0 aromatic rings. The third-order valence-corrected chi connectivity index (χ3v) is 6.47. The normalized spacial score (nSPS) is 13.6. The SMILES string of the molecule is CCCCC(CC)COC(=O)CC(C(=O)OCC(CC)CCCC)S(=O)(=O)[O-].OCC(O)CO.[Na+]. The zero-order valence-electron chi connectivity index (χ0n) is 22.1. The van der Waals surface area contributed by atoms with Gasteiger partial charge in [0.15, 0.2) is 5.25 Å². The summed E-state index contributed by atoms with van der Waals surface area (Å²) in [4.78, 5) is 24.1. The summed E-state index contributed by atoms with van der Waals surface area (Å²) >= 11 is 0. The molecule has 0 aromatic heterocycles. The van der Waals surface area contributed by atoms with Crippen LogP contribution in [0.5, 0.6) is 0 Å². The van der Waals surface area contributed by atoms with Gasteiger partial charge in [-0.3, -0.25) is 9.59 Å². The van der Waals surface area contributed by atoms with Gasteiger partial charge in [-0.2, -0.15) is 0 Å². The van der Waals surface area contributed by atoms with Gasteiger partial charge in [-0.05, 0) is 24.7 Å². The van der Waals surface area contributed by atoms with Crippen molar-refractivity contribution in [3.8, 4) is 0 Å². The summed E-state index contributed by atoms with van der Waals surface area (Å²) in [5.74, 6) is -1.74. The summed E-state index contributed by atoms with van der Waals surface area (Å²) in [5, 5.41) is 22.0. The van der Waals surface area contributed by atoms with Crippen LogP contribution < -0.4 is 29.6 Å². The van der Waals surface area contributed by atoms with Crippen LogP contribution in [0.25, 0.3) is 0 Å². The summed E-state index contributed by atoms with van der Waals surface area (Å²) < 4.78 is 44.6. The van der Waals surface area contributed by atoms with Gasteiger partial charge in [0.25, 0.3) is 0 Å². The van der Waals surface area contributed by atoms with Gasteiger partial charge in [0.2, 0.25) is 0 Å². The van der Waals surface area contributed by atoms with E-state index >= 15 is 0 Å². The first kappa shape index (κ1) is 39.2. The van der Waals surface area contributed by atoms with E-state index in [4.69, 9.17) is 24.8 Å². The van der Waals surface area contributed by atoms with Crippen LogP contribution in [0.15, 0.2) is 0 Å². The average molecular weight is 537 g/mol. The molecule has 0 saturated carbocycles. The molecule has 0 saturated heterocycles. The number of aliphatic hydroxyl groups excluding tert-OH is 3. The third-order valence-electron chi connectivity index (χ3n) is 5.41. The van der Waals surface area contributed by atoms with Crippen molar-refractivity contribution in [2.45, 2.75) is 96.8 Å². The molecule has 0 aliphatic carbocycles. The fourth-order valence-electron chi connectivity index (χ4n) is 2.87. The van der Waals surface area contributed by atoms with E-state index in [0.29, 0.717) is 0 Å². The molecule has 35 heavy (non-hydrogen) atoms. The van der Waals surface area contributed by atoms with E-state index in [2.05, 4.69) is 13.8 Å².